The van der Waals surface area contributed by atoms with Gasteiger partial charge in [0.05, 0.1) is 0 Å². The van der Waals surface area contributed by atoms with Crippen LogP contribution in [0.2, 0.25) is 0 Å². The van der Waals surface area contributed by atoms with Crippen LogP contribution in [0, 0.1) is 17.8 Å². The third kappa shape index (κ3) is 3.97. The Kier molecular flexibility index (Phi) is 5.77. The van der Waals surface area contributed by atoms with E-state index in [0.29, 0.717) is 17.8 Å². The summed E-state index contributed by atoms with van der Waals surface area (Å²) in [6, 6.07) is 0. The smallest absolute Gasteiger partial charge is 0.229 e. The summed E-state index contributed by atoms with van der Waals surface area (Å²) < 4.78 is 0. The maximum absolute atomic E-state index is 12.7. The summed E-state index contributed by atoms with van der Waals surface area (Å²) in [5, 5.41) is 0. The van der Waals surface area contributed by atoms with Crippen molar-refractivity contribution in [2.45, 2.75) is 72.6 Å². The summed E-state index contributed by atoms with van der Waals surface area (Å²) in [7, 11) is 0. The van der Waals surface area contributed by atoms with Crippen molar-refractivity contribution in [1.29, 1.82) is 0 Å². The highest BCUT2D eigenvalue weighted by atomic mass is 16.2. The monoisotopic (exact) mass is 302 g/mol. The molecule has 1 fully saturated rings. The fourth-order valence-electron chi connectivity index (χ4n) is 3.74. The van der Waals surface area contributed by atoms with Crippen LogP contribution in [0.5, 0.6) is 0 Å². The van der Waals surface area contributed by atoms with Crippen molar-refractivity contribution in [2.24, 2.45) is 17.8 Å². The largest absolute Gasteiger partial charge is 0.285 e. The van der Waals surface area contributed by atoms with E-state index < -0.39 is 0 Å². The summed E-state index contributed by atoms with van der Waals surface area (Å²) in [6.45, 7) is 8.45. The van der Waals surface area contributed by atoms with Crippen LogP contribution in [0.4, 0.5) is 0 Å². The van der Waals surface area contributed by atoms with Crippen molar-refractivity contribution in [2.75, 3.05) is 0 Å². The van der Waals surface area contributed by atoms with Gasteiger partial charge in [0.25, 0.3) is 0 Å². The van der Waals surface area contributed by atoms with Crippen LogP contribution < -0.4 is 0 Å². The SMILES string of the molecule is CC(C)CC1=CC(C2CCCCC2)=C(CC(C)C)C(=O)C1=O. The van der Waals surface area contributed by atoms with E-state index in [9.17, 15) is 9.59 Å². The zero-order valence-corrected chi connectivity index (χ0v) is 14.6. The van der Waals surface area contributed by atoms with Gasteiger partial charge in [0.15, 0.2) is 0 Å². The van der Waals surface area contributed by atoms with Crippen LogP contribution in [0.1, 0.15) is 72.6 Å². The highest BCUT2D eigenvalue weighted by molar-refractivity contribution is 6.50. The molecule has 0 N–H and O–H groups in total. The van der Waals surface area contributed by atoms with Gasteiger partial charge >= 0.3 is 0 Å². The van der Waals surface area contributed by atoms with E-state index in [1.165, 1.54) is 37.7 Å². The summed E-state index contributed by atoms with van der Waals surface area (Å²) in [5.74, 6) is 0.839. The van der Waals surface area contributed by atoms with Crippen molar-refractivity contribution in [3.8, 4) is 0 Å². The quantitative estimate of drug-likeness (QED) is 0.527. The number of Topliss-reactive ketones (excluding diaryl/α,β-unsaturated/α-hetero) is 2. The number of hydrogen-bond donors (Lipinski definition) is 0. The van der Waals surface area contributed by atoms with Crippen molar-refractivity contribution in [3.05, 3.63) is 22.8 Å². The third-order valence-electron chi connectivity index (χ3n) is 4.74. The molecule has 1 saturated carbocycles. The molecule has 2 heteroatoms. The minimum Gasteiger partial charge on any atom is -0.285 e. The van der Waals surface area contributed by atoms with Crippen molar-refractivity contribution >= 4 is 11.6 Å². The summed E-state index contributed by atoms with van der Waals surface area (Å²) >= 11 is 0. The first-order chi connectivity index (χ1) is 10.4. The molecule has 2 aliphatic carbocycles. The Morgan fingerprint density at radius 3 is 2.05 bits per heavy atom. The fraction of sp³-hybridized carbons (Fsp3) is 0.700. The lowest BCUT2D eigenvalue weighted by Gasteiger charge is -2.29. The standard InChI is InChI=1S/C20H30O2/c1-13(2)10-16-12-17(15-8-6-5-7-9-15)18(11-14(3)4)20(22)19(16)21/h12-15H,5-11H2,1-4H3. The number of allylic oxidation sites excluding steroid dienone is 4. The molecule has 122 valence electrons. The van der Waals surface area contributed by atoms with Gasteiger partial charge in [0.2, 0.25) is 11.6 Å². The van der Waals surface area contributed by atoms with E-state index in [4.69, 9.17) is 0 Å². The lowest BCUT2D eigenvalue weighted by molar-refractivity contribution is -0.132. The molecule has 2 nitrogen and oxygen atoms in total. The molecule has 2 rings (SSSR count). The molecule has 2 aliphatic rings. The maximum Gasteiger partial charge on any atom is 0.229 e. The van der Waals surface area contributed by atoms with E-state index >= 15 is 0 Å². The Hall–Kier alpha value is -1.18. The number of carbonyl (C=O) groups is 2. The molecule has 0 heterocycles. The van der Waals surface area contributed by atoms with Gasteiger partial charge in [-0.3, -0.25) is 9.59 Å². The van der Waals surface area contributed by atoms with E-state index in [2.05, 4.69) is 33.8 Å². The molecule has 0 amide bonds. The highest BCUT2D eigenvalue weighted by Gasteiger charge is 2.33. The topological polar surface area (TPSA) is 34.1 Å². The minimum atomic E-state index is -0.246. The van der Waals surface area contributed by atoms with Gasteiger partial charge in [-0.25, -0.2) is 0 Å². The van der Waals surface area contributed by atoms with Gasteiger partial charge in [-0.05, 0) is 49.0 Å². The summed E-state index contributed by atoms with van der Waals surface area (Å²) in [6.07, 6.45) is 9.69. The number of hydrogen-bond acceptors (Lipinski definition) is 2. The molecule has 0 atom stereocenters. The van der Waals surface area contributed by atoms with E-state index in [1.807, 2.05) is 0 Å². The highest BCUT2D eigenvalue weighted by Crippen LogP contribution is 2.37. The molecule has 0 saturated heterocycles. The lowest BCUT2D eigenvalue weighted by Crippen LogP contribution is -2.27. The van der Waals surface area contributed by atoms with Crippen molar-refractivity contribution in [1.82, 2.24) is 0 Å². The Bertz CT molecular complexity index is 500. The molecule has 0 aromatic carbocycles. The predicted octanol–water partition coefficient (Wildman–Crippen LogP) is 5.03. The number of ketones is 2. The van der Waals surface area contributed by atoms with Crippen molar-refractivity contribution in [3.63, 3.8) is 0 Å². The normalized spacial score (nSPS) is 21.1. The summed E-state index contributed by atoms with van der Waals surface area (Å²) in [5.41, 5.74) is 2.76. The molecule has 0 aliphatic heterocycles. The summed E-state index contributed by atoms with van der Waals surface area (Å²) in [4.78, 5) is 25.1. The van der Waals surface area contributed by atoms with E-state index in [-0.39, 0.29) is 11.6 Å². The van der Waals surface area contributed by atoms with Gasteiger partial charge in [-0.1, -0.05) is 53.0 Å². The Morgan fingerprint density at radius 2 is 1.50 bits per heavy atom. The second kappa shape index (κ2) is 7.39. The van der Waals surface area contributed by atoms with Gasteiger partial charge in [-0.15, -0.1) is 0 Å². The van der Waals surface area contributed by atoms with Crippen LogP contribution in [-0.4, -0.2) is 11.6 Å². The molecule has 22 heavy (non-hydrogen) atoms. The molecular weight excluding hydrogens is 272 g/mol. The average Bonchev–Trinajstić information content (AvgIpc) is 2.47. The molecule has 0 unspecified atom stereocenters. The first-order valence-corrected chi connectivity index (χ1v) is 8.92. The first-order valence-electron chi connectivity index (χ1n) is 8.92. The van der Waals surface area contributed by atoms with E-state index in [0.717, 1.165) is 24.0 Å². The molecule has 0 bridgehead atoms. The van der Waals surface area contributed by atoms with Gasteiger partial charge in [-0.2, -0.15) is 0 Å². The molecule has 0 aromatic heterocycles. The van der Waals surface area contributed by atoms with Crippen LogP contribution in [0.3, 0.4) is 0 Å². The predicted molar refractivity (Wildman–Crippen MR) is 90.6 cm³/mol. The second-order valence-electron chi connectivity index (χ2n) is 7.79. The lowest BCUT2D eigenvalue weighted by atomic mass is 9.74. The van der Waals surface area contributed by atoms with Crippen molar-refractivity contribution < 1.29 is 9.59 Å². The van der Waals surface area contributed by atoms with Gasteiger partial charge in [0.1, 0.15) is 0 Å². The molecular formula is C20H30O2. The van der Waals surface area contributed by atoms with Crippen LogP contribution in [0.15, 0.2) is 22.8 Å². The third-order valence-corrected chi connectivity index (χ3v) is 4.74. The molecule has 0 spiro atoms. The van der Waals surface area contributed by atoms with Crippen LogP contribution >= 0.6 is 0 Å². The zero-order valence-electron chi connectivity index (χ0n) is 14.6. The van der Waals surface area contributed by atoms with Crippen LogP contribution in [0.25, 0.3) is 0 Å². The second-order valence-corrected chi connectivity index (χ2v) is 7.79. The Labute approximate surface area is 135 Å². The zero-order chi connectivity index (χ0) is 16.3. The molecule has 0 aromatic rings. The fourth-order valence-corrected chi connectivity index (χ4v) is 3.74. The van der Waals surface area contributed by atoms with Gasteiger partial charge < -0.3 is 0 Å². The first kappa shape index (κ1) is 17.2. The maximum atomic E-state index is 12.7. The number of rotatable bonds is 5. The molecule has 0 radical (unpaired) electrons. The Morgan fingerprint density at radius 1 is 0.909 bits per heavy atom. The van der Waals surface area contributed by atoms with E-state index in [1.54, 1.807) is 0 Å². The Balaban J connectivity index is 2.40. The minimum absolute atomic E-state index is 0.215. The average molecular weight is 302 g/mol. The number of carbonyl (C=O) groups excluding carboxylic acids is 2. The van der Waals surface area contributed by atoms with Crippen LogP contribution in [-0.2, 0) is 9.59 Å². The van der Waals surface area contributed by atoms with Gasteiger partial charge in [0, 0.05) is 11.1 Å².